The molecule has 2 rings (SSSR count). The lowest BCUT2D eigenvalue weighted by Crippen LogP contribution is -2.25. The van der Waals surface area contributed by atoms with Gasteiger partial charge in [-0.25, -0.2) is 8.42 Å². The van der Waals surface area contributed by atoms with Crippen molar-refractivity contribution >= 4 is 9.84 Å². The van der Waals surface area contributed by atoms with E-state index in [2.05, 4.69) is 0 Å². The molecule has 1 aromatic carbocycles. The van der Waals surface area contributed by atoms with E-state index < -0.39 is 9.84 Å². The molecule has 0 atom stereocenters. The molecular formula is C11H15NO3S. The Balaban J connectivity index is 2.49. The first-order valence-corrected chi connectivity index (χ1v) is 7.01. The molecule has 0 aromatic heterocycles. The zero-order valence-corrected chi connectivity index (χ0v) is 9.92. The van der Waals surface area contributed by atoms with Gasteiger partial charge < -0.3 is 10.8 Å². The van der Waals surface area contributed by atoms with Crippen LogP contribution in [-0.2, 0) is 16.3 Å². The zero-order chi connectivity index (χ0) is 12.0. The fraction of sp³-hybridized carbons (Fsp3) is 0.455. The highest BCUT2D eigenvalue weighted by Crippen LogP contribution is 2.39. The Bertz CT molecular complexity index is 518. The molecule has 0 aliphatic heterocycles. The largest absolute Gasteiger partial charge is 0.508 e. The molecule has 1 fully saturated rings. The van der Waals surface area contributed by atoms with Gasteiger partial charge in [0.2, 0.25) is 0 Å². The summed E-state index contributed by atoms with van der Waals surface area (Å²) in [4.78, 5) is 0.184. The molecule has 1 saturated carbocycles. The van der Waals surface area contributed by atoms with Gasteiger partial charge in [-0.2, -0.15) is 0 Å². The second kappa shape index (κ2) is 3.46. The summed E-state index contributed by atoms with van der Waals surface area (Å²) in [5.41, 5.74) is 6.08. The molecule has 16 heavy (non-hydrogen) atoms. The Hall–Kier alpha value is -1.07. The van der Waals surface area contributed by atoms with Gasteiger partial charge in [0.15, 0.2) is 9.84 Å². The predicted molar refractivity (Wildman–Crippen MR) is 61.1 cm³/mol. The first-order chi connectivity index (χ1) is 7.32. The second-order valence-corrected chi connectivity index (χ2v) is 6.55. The minimum Gasteiger partial charge on any atom is -0.508 e. The van der Waals surface area contributed by atoms with Crippen LogP contribution in [-0.4, -0.2) is 25.3 Å². The highest BCUT2D eigenvalue weighted by atomic mass is 32.2. The first-order valence-electron chi connectivity index (χ1n) is 5.12. The van der Waals surface area contributed by atoms with E-state index in [0.717, 1.165) is 19.1 Å². The fourth-order valence-electron chi connectivity index (χ4n) is 1.77. The van der Waals surface area contributed by atoms with Crippen molar-refractivity contribution in [3.8, 4) is 5.75 Å². The number of benzene rings is 1. The summed E-state index contributed by atoms with van der Waals surface area (Å²) >= 11 is 0. The lowest BCUT2D eigenvalue weighted by atomic mass is 10.0. The number of phenols is 1. The molecule has 0 saturated heterocycles. The van der Waals surface area contributed by atoms with Gasteiger partial charge in [0, 0.05) is 17.4 Å². The molecule has 1 aliphatic rings. The van der Waals surface area contributed by atoms with Crippen molar-refractivity contribution in [1.82, 2.24) is 0 Å². The number of hydrogen-bond acceptors (Lipinski definition) is 4. The maximum atomic E-state index is 11.6. The molecule has 3 N–H and O–H groups in total. The molecule has 0 unspecified atom stereocenters. The van der Waals surface area contributed by atoms with Crippen molar-refractivity contribution in [3.05, 3.63) is 23.8 Å². The van der Waals surface area contributed by atoms with Gasteiger partial charge in [0.1, 0.15) is 5.75 Å². The number of sulfone groups is 1. The van der Waals surface area contributed by atoms with E-state index in [-0.39, 0.29) is 16.2 Å². The van der Waals surface area contributed by atoms with Gasteiger partial charge in [-0.1, -0.05) is 6.07 Å². The first kappa shape index (κ1) is 11.4. The van der Waals surface area contributed by atoms with E-state index in [0.29, 0.717) is 12.0 Å². The summed E-state index contributed by atoms with van der Waals surface area (Å²) in [5.74, 6) is 0.0136. The molecule has 5 heteroatoms. The third-order valence-electron chi connectivity index (χ3n) is 2.93. The van der Waals surface area contributed by atoms with Crippen LogP contribution in [0.1, 0.15) is 18.4 Å². The Labute approximate surface area is 95.0 Å². The lowest BCUT2D eigenvalue weighted by Gasteiger charge is -2.13. The monoisotopic (exact) mass is 241 g/mol. The molecule has 0 bridgehead atoms. The standard InChI is InChI=1S/C11H15NO3S/c1-16(14,15)10-4-2-3-9(13)8(10)7-11(12)5-6-11/h2-4,13H,5-7,12H2,1H3. The van der Waals surface area contributed by atoms with Crippen molar-refractivity contribution in [2.75, 3.05) is 6.26 Å². The van der Waals surface area contributed by atoms with E-state index in [1.807, 2.05) is 0 Å². The van der Waals surface area contributed by atoms with Crippen LogP contribution in [0.4, 0.5) is 0 Å². The third kappa shape index (κ3) is 2.20. The minimum absolute atomic E-state index is 0.0136. The van der Waals surface area contributed by atoms with Gasteiger partial charge in [-0.3, -0.25) is 0 Å². The molecule has 0 radical (unpaired) electrons. The van der Waals surface area contributed by atoms with E-state index in [9.17, 15) is 13.5 Å². The van der Waals surface area contributed by atoms with Gasteiger partial charge in [-0.15, -0.1) is 0 Å². The fourth-order valence-corrected chi connectivity index (χ4v) is 2.72. The average Bonchev–Trinajstić information content (AvgIpc) is 2.86. The molecule has 1 aliphatic carbocycles. The highest BCUT2D eigenvalue weighted by molar-refractivity contribution is 7.90. The van der Waals surface area contributed by atoms with Crippen LogP contribution in [0.5, 0.6) is 5.75 Å². The molecule has 0 spiro atoms. The SMILES string of the molecule is CS(=O)(=O)c1cccc(O)c1CC1(N)CC1. The van der Waals surface area contributed by atoms with Gasteiger partial charge in [-0.05, 0) is 31.4 Å². The smallest absolute Gasteiger partial charge is 0.175 e. The van der Waals surface area contributed by atoms with E-state index in [1.54, 1.807) is 0 Å². The third-order valence-corrected chi connectivity index (χ3v) is 4.11. The Morgan fingerprint density at radius 1 is 1.44 bits per heavy atom. The van der Waals surface area contributed by atoms with Gasteiger partial charge in [0.25, 0.3) is 0 Å². The van der Waals surface area contributed by atoms with Crippen molar-refractivity contribution in [2.24, 2.45) is 5.73 Å². The summed E-state index contributed by atoms with van der Waals surface area (Å²) in [6.45, 7) is 0. The Morgan fingerprint density at radius 3 is 2.56 bits per heavy atom. The number of nitrogens with two attached hydrogens (primary N) is 1. The highest BCUT2D eigenvalue weighted by Gasteiger charge is 2.39. The number of hydrogen-bond donors (Lipinski definition) is 2. The zero-order valence-electron chi connectivity index (χ0n) is 9.10. The maximum absolute atomic E-state index is 11.6. The summed E-state index contributed by atoms with van der Waals surface area (Å²) in [6.07, 6.45) is 3.32. The number of rotatable bonds is 3. The van der Waals surface area contributed by atoms with Crippen molar-refractivity contribution in [3.63, 3.8) is 0 Å². The van der Waals surface area contributed by atoms with Crippen molar-refractivity contribution < 1.29 is 13.5 Å². The van der Waals surface area contributed by atoms with Gasteiger partial charge >= 0.3 is 0 Å². The van der Waals surface area contributed by atoms with Crippen LogP contribution < -0.4 is 5.73 Å². The summed E-state index contributed by atoms with van der Waals surface area (Å²) in [5, 5.41) is 9.73. The molecule has 88 valence electrons. The molecule has 1 aromatic rings. The van der Waals surface area contributed by atoms with Crippen LogP contribution in [0.15, 0.2) is 23.1 Å². The average molecular weight is 241 g/mol. The topological polar surface area (TPSA) is 80.4 Å². The van der Waals surface area contributed by atoms with E-state index in [1.165, 1.54) is 18.2 Å². The van der Waals surface area contributed by atoms with E-state index >= 15 is 0 Å². The molecule has 0 heterocycles. The minimum atomic E-state index is -3.32. The number of aromatic hydroxyl groups is 1. The lowest BCUT2D eigenvalue weighted by molar-refractivity contribution is 0.460. The molecule has 0 amide bonds. The normalized spacial score (nSPS) is 18.4. The van der Waals surface area contributed by atoms with Crippen LogP contribution in [0.3, 0.4) is 0 Å². The quantitative estimate of drug-likeness (QED) is 0.821. The predicted octanol–water partition coefficient (Wildman–Crippen LogP) is 0.830. The van der Waals surface area contributed by atoms with Gasteiger partial charge in [0.05, 0.1) is 4.90 Å². The molecular weight excluding hydrogens is 226 g/mol. The summed E-state index contributed by atoms with van der Waals surface area (Å²) in [7, 11) is -3.32. The Kier molecular flexibility index (Phi) is 2.47. The second-order valence-electron chi connectivity index (χ2n) is 4.57. The van der Waals surface area contributed by atoms with Crippen molar-refractivity contribution in [2.45, 2.75) is 29.7 Å². The number of phenolic OH excluding ortho intramolecular Hbond substituents is 1. The van der Waals surface area contributed by atoms with Crippen LogP contribution in [0.2, 0.25) is 0 Å². The summed E-state index contributed by atoms with van der Waals surface area (Å²) < 4.78 is 23.1. The molecule has 4 nitrogen and oxygen atoms in total. The van der Waals surface area contributed by atoms with Crippen LogP contribution in [0, 0.1) is 0 Å². The summed E-state index contributed by atoms with van der Waals surface area (Å²) in [6, 6.07) is 4.54. The van der Waals surface area contributed by atoms with Crippen LogP contribution in [0.25, 0.3) is 0 Å². The van der Waals surface area contributed by atoms with E-state index in [4.69, 9.17) is 5.73 Å². The maximum Gasteiger partial charge on any atom is 0.175 e. The Morgan fingerprint density at radius 2 is 2.06 bits per heavy atom. The van der Waals surface area contributed by atoms with Crippen LogP contribution >= 0.6 is 0 Å². The van der Waals surface area contributed by atoms with Crippen molar-refractivity contribution in [1.29, 1.82) is 0 Å².